The molecular formula is C37H36Cl2F2N4O4. The first-order chi connectivity index (χ1) is 23.8. The minimum atomic E-state index is -0.756. The van der Waals surface area contributed by atoms with Gasteiger partial charge in [-0.2, -0.15) is 0 Å². The summed E-state index contributed by atoms with van der Waals surface area (Å²) in [5, 5.41) is 7.79. The van der Waals surface area contributed by atoms with Crippen molar-refractivity contribution >= 4 is 34.7 Å². The molecule has 1 amide bonds. The number of methoxy groups -OCH3 is 1. The number of amides is 1. The average molecular weight is 710 g/mol. The molecule has 1 N–H and O–H groups in total. The van der Waals surface area contributed by atoms with Gasteiger partial charge in [0.25, 0.3) is 5.91 Å². The number of fused-ring (bicyclic) bond motifs is 2. The van der Waals surface area contributed by atoms with Gasteiger partial charge in [-0.3, -0.25) is 4.79 Å². The summed E-state index contributed by atoms with van der Waals surface area (Å²) >= 11 is 12.7. The topological polar surface area (TPSA) is 89.7 Å². The lowest BCUT2D eigenvalue weighted by molar-refractivity contribution is -0.128. The molecule has 1 aliphatic carbocycles. The van der Waals surface area contributed by atoms with Crippen molar-refractivity contribution in [2.45, 2.75) is 76.2 Å². The molecule has 4 heterocycles. The Morgan fingerprint density at radius 2 is 1.90 bits per heavy atom. The second-order valence-corrected chi connectivity index (χ2v) is 13.6. The summed E-state index contributed by atoms with van der Waals surface area (Å²) in [5.41, 5.74) is 4.71. The van der Waals surface area contributed by atoms with Gasteiger partial charge in [0, 0.05) is 67.3 Å². The molecule has 2 aliphatic heterocycles. The molecule has 2 fully saturated rings. The number of ether oxygens (including phenoxy) is 2. The zero-order chi connectivity index (χ0) is 34.1. The normalized spacial score (nSPS) is 18.6. The maximum Gasteiger partial charge on any atom is 0.252 e. The van der Waals surface area contributed by atoms with Crippen LogP contribution in [0.1, 0.15) is 61.0 Å². The molecule has 49 heavy (non-hydrogen) atoms. The van der Waals surface area contributed by atoms with Gasteiger partial charge >= 0.3 is 0 Å². The van der Waals surface area contributed by atoms with Gasteiger partial charge in [-0.15, -0.1) is 0 Å². The number of halogens is 4. The first kappa shape index (κ1) is 33.7. The molecular weight excluding hydrogens is 673 g/mol. The van der Waals surface area contributed by atoms with Crippen LogP contribution in [0.25, 0.3) is 16.8 Å². The molecule has 256 valence electrons. The van der Waals surface area contributed by atoms with E-state index in [-0.39, 0.29) is 46.6 Å². The molecule has 4 aromatic rings. The van der Waals surface area contributed by atoms with Gasteiger partial charge in [0.2, 0.25) is 5.88 Å². The van der Waals surface area contributed by atoms with Crippen LogP contribution < -0.4 is 10.1 Å². The van der Waals surface area contributed by atoms with E-state index in [4.69, 9.17) is 37.2 Å². The van der Waals surface area contributed by atoms with Gasteiger partial charge in [0.1, 0.15) is 17.3 Å². The Morgan fingerprint density at radius 3 is 2.67 bits per heavy atom. The zero-order valence-corrected chi connectivity index (χ0v) is 28.5. The van der Waals surface area contributed by atoms with Gasteiger partial charge in [-0.25, -0.2) is 13.8 Å². The second kappa shape index (κ2) is 14.6. The Labute approximate surface area is 293 Å². The van der Waals surface area contributed by atoms with Crippen LogP contribution in [-0.4, -0.2) is 52.8 Å². The zero-order valence-electron chi connectivity index (χ0n) is 27.0. The Morgan fingerprint density at radius 1 is 1.06 bits per heavy atom. The maximum atomic E-state index is 14.5. The number of rotatable bonds is 13. The van der Waals surface area contributed by atoms with Crippen molar-refractivity contribution in [1.29, 1.82) is 0 Å². The fourth-order valence-corrected chi connectivity index (χ4v) is 7.22. The van der Waals surface area contributed by atoms with Crippen molar-refractivity contribution in [3.8, 4) is 17.1 Å². The summed E-state index contributed by atoms with van der Waals surface area (Å²) in [4.78, 5) is 21.0. The van der Waals surface area contributed by atoms with E-state index in [0.717, 1.165) is 79.4 Å². The summed E-state index contributed by atoms with van der Waals surface area (Å²) < 4.78 is 44.6. The molecule has 7 rings (SSSR count). The van der Waals surface area contributed by atoms with Crippen LogP contribution in [0.15, 0.2) is 64.8 Å². The van der Waals surface area contributed by atoms with Gasteiger partial charge < -0.3 is 24.2 Å². The van der Waals surface area contributed by atoms with E-state index in [9.17, 15) is 13.6 Å². The molecule has 1 saturated carbocycles. The number of pyridine rings is 1. The predicted molar refractivity (Wildman–Crippen MR) is 182 cm³/mol. The second-order valence-electron chi connectivity index (χ2n) is 12.8. The summed E-state index contributed by atoms with van der Waals surface area (Å²) in [7, 11) is 1.70. The van der Waals surface area contributed by atoms with Gasteiger partial charge in [0.05, 0.1) is 10.6 Å². The van der Waals surface area contributed by atoms with Crippen LogP contribution in [0.2, 0.25) is 10.0 Å². The Balaban J connectivity index is 1.09. The number of aromatic nitrogens is 2. The number of carbonyl (C=O) groups is 1. The first-order valence-electron chi connectivity index (χ1n) is 16.5. The van der Waals surface area contributed by atoms with Crippen LogP contribution in [0.5, 0.6) is 5.88 Å². The highest BCUT2D eigenvalue weighted by molar-refractivity contribution is 6.33. The fraction of sp³-hybridized carbons (Fsp3) is 0.378. The molecule has 8 nitrogen and oxygen atoms in total. The molecule has 3 aliphatic rings. The number of benzene rings is 2. The summed E-state index contributed by atoms with van der Waals surface area (Å²) in [6.45, 7) is 1.11. The summed E-state index contributed by atoms with van der Waals surface area (Å²) in [5.74, 6) is -0.801. The fourth-order valence-electron chi connectivity index (χ4n) is 6.79. The molecule has 1 saturated heterocycles. The quantitative estimate of drug-likeness (QED) is 0.111. The maximum absolute atomic E-state index is 14.5. The van der Waals surface area contributed by atoms with Crippen molar-refractivity contribution in [2.75, 3.05) is 13.7 Å². The average Bonchev–Trinajstić information content (AvgIpc) is 3.73. The van der Waals surface area contributed by atoms with Crippen molar-refractivity contribution < 1.29 is 27.6 Å². The highest BCUT2D eigenvalue weighted by Crippen LogP contribution is 2.41. The Kier molecular flexibility index (Phi) is 10.0. The third-order valence-corrected chi connectivity index (χ3v) is 10.2. The van der Waals surface area contributed by atoms with Crippen molar-refractivity contribution in [3.63, 3.8) is 0 Å². The molecule has 2 aromatic carbocycles. The molecule has 12 heteroatoms. The minimum Gasteiger partial charge on any atom is -0.469 e. The van der Waals surface area contributed by atoms with Crippen LogP contribution >= 0.6 is 23.2 Å². The van der Waals surface area contributed by atoms with E-state index in [1.165, 1.54) is 11.6 Å². The number of hydrogen-bond acceptors (Lipinski definition) is 7. The number of nitrogens with zero attached hydrogens (tertiary/aromatic N) is 3. The largest absolute Gasteiger partial charge is 0.469 e. The van der Waals surface area contributed by atoms with Crippen LogP contribution in [-0.2, 0) is 29.1 Å². The van der Waals surface area contributed by atoms with Gasteiger partial charge in [-0.1, -0.05) is 40.5 Å². The highest BCUT2D eigenvalue weighted by atomic mass is 35.5. The number of carbonyl (C=O) groups excluding carboxylic acids is 1. The highest BCUT2D eigenvalue weighted by Gasteiger charge is 2.42. The molecule has 0 radical (unpaired) electrons. The van der Waals surface area contributed by atoms with Crippen molar-refractivity contribution in [3.05, 3.63) is 104 Å². The predicted octanol–water partition coefficient (Wildman–Crippen LogP) is 7.95. The van der Waals surface area contributed by atoms with Gasteiger partial charge in [0.15, 0.2) is 12.4 Å². The van der Waals surface area contributed by atoms with Crippen molar-refractivity contribution in [2.24, 2.45) is 0 Å². The van der Waals surface area contributed by atoms with Crippen LogP contribution in [0.4, 0.5) is 8.78 Å². The molecule has 0 spiro atoms. The van der Waals surface area contributed by atoms with Crippen molar-refractivity contribution in [1.82, 2.24) is 20.4 Å². The lowest BCUT2D eigenvalue weighted by Crippen LogP contribution is -2.44. The Bertz CT molecular complexity index is 1880. The molecule has 2 atom stereocenters. The first-order valence-corrected chi connectivity index (χ1v) is 17.3. The Hall–Kier alpha value is -3.83. The smallest absolute Gasteiger partial charge is 0.252 e. The number of aryl methyl sites for hydroxylation is 1. The summed E-state index contributed by atoms with van der Waals surface area (Å²) in [6.07, 6.45) is 8.12. The number of nitrogens with one attached hydrogen (secondary N) is 1. The SMILES string of the molecule is COCCCc1ccc(Cl)c(CN(C(=O)C2=C(c3ccc(OCc4cc(-c5c(F)ccc(F)c5Cl)no4)nc3)C[C@@H]3CC[C@@H]2N3)C2CC2)c1. The van der Waals surface area contributed by atoms with E-state index >= 15 is 0 Å². The van der Waals surface area contributed by atoms with Crippen LogP contribution in [0.3, 0.4) is 0 Å². The standard InChI is InChI=1S/C37H36Cl2F2N4O4/c1-47-14-2-3-21-4-9-28(38)23(15-21)19-45(25-7-8-25)37(46)34-27(16-24-6-12-31(34)43-24)22-5-13-33(42-18-22)48-20-26-17-32(44-49-26)35-29(40)10-11-30(41)36(35)39/h4-5,9-11,13,15,17-18,24-25,31,43H,2-3,6-8,12,14,16,19-20H2,1H3/t24-,31-/m0/s1. The van der Waals surface area contributed by atoms with E-state index in [1.807, 2.05) is 23.1 Å². The van der Waals surface area contributed by atoms with Gasteiger partial charge in [-0.05, 0) is 91.5 Å². The lowest BCUT2D eigenvalue weighted by atomic mass is 9.89. The third kappa shape index (κ3) is 7.38. The monoisotopic (exact) mass is 708 g/mol. The van der Waals surface area contributed by atoms with Crippen LogP contribution in [0, 0.1) is 11.6 Å². The molecule has 2 aromatic heterocycles. The lowest BCUT2D eigenvalue weighted by Gasteiger charge is -2.32. The van der Waals surface area contributed by atoms with E-state index in [1.54, 1.807) is 19.4 Å². The van der Waals surface area contributed by atoms with E-state index in [2.05, 4.69) is 21.5 Å². The minimum absolute atomic E-state index is 0.0219. The van der Waals surface area contributed by atoms with E-state index in [0.29, 0.717) is 30.1 Å². The summed E-state index contributed by atoms with van der Waals surface area (Å²) in [6, 6.07) is 13.6. The third-order valence-electron chi connectivity index (χ3n) is 9.41. The molecule has 0 unspecified atom stereocenters. The number of hydrogen-bond donors (Lipinski definition) is 1. The van der Waals surface area contributed by atoms with E-state index < -0.39 is 11.6 Å². The molecule has 2 bridgehead atoms.